The topological polar surface area (TPSA) is 67.1 Å². The van der Waals surface area contributed by atoms with Gasteiger partial charge in [-0.2, -0.15) is 0 Å². The van der Waals surface area contributed by atoms with Gasteiger partial charge in [-0.05, 0) is 38.9 Å². The molecule has 1 aliphatic rings. The van der Waals surface area contributed by atoms with Crippen LogP contribution in [0.15, 0.2) is 24.3 Å². The quantitative estimate of drug-likeness (QED) is 0.847. The van der Waals surface area contributed by atoms with Gasteiger partial charge in [-0.1, -0.05) is 12.1 Å². The Bertz CT molecular complexity index is 647. The molecule has 0 saturated carbocycles. The monoisotopic (exact) mass is 297 g/mol. The van der Waals surface area contributed by atoms with Gasteiger partial charge in [0, 0.05) is 36.4 Å². The minimum absolute atomic E-state index is 0.775. The minimum atomic E-state index is 0.775. The fourth-order valence-electron chi connectivity index (χ4n) is 2.87. The molecular formula is C17H23N5. The number of fused-ring (bicyclic) bond motifs is 1. The molecule has 1 aromatic heterocycles. The van der Waals surface area contributed by atoms with Crippen LogP contribution in [0.1, 0.15) is 25.1 Å². The van der Waals surface area contributed by atoms with E-state index >= 15 is 0 Å². The third kappa shape index (κ3) is 2.76. The second-order valence-corrected chi connectivity index (χ2v) is 5.52. The SMILES string of the molecule is CCN(CC)c1nc2c(c(-c3ccc(N)cc3)n1)CCNC2. The van der Waals surface area contributed by atoms with Crippen molar-refractivity contribution in [1.82, 2.24) is 15.3 Å². The minimum Gasteiger partial charge on any atom is -0.399 e. The summed E-state index contributed by atoms with van der Waals surface area (Å²) in [6, 6.07) is 7.96. The highest BCUT2D eigenvalue weighted by molar-refractivity contribution is 5.67. The molecule has 3 N–H and O–H groups in total. The molecule has 0 spiro atoms. The van der Waals surface area contributed by atoms with E-state index in [1.807, 2.05) is 24.3 Å². The van der Waals surface area contributed by atoms with Crippen LogP contribution in [-0.2, 0) is 13.0 Å². The molecule has 0 atom stereocenters. The van der Waals surface area contributed by atoms with E-state index in [-0.39, 0.29) is 0 Å². The number of nitrogen functional groups attached to an aromatic ring is 1. The van der Waals surface area contributed by atoms with Crippen LogP contribution in [-0.4, -0.2) is 29.6 Å². The average molecular weight is 297 g/mol. The van der Waals surface area contributed by atoms with E-state index in [0.29, 0.717) is 0 Å². The Labute approximate surface area is 131 Å². The fraction of sp³-hybridized carbons (Fsp3) is 0.412. The van der Waals surface area contributed by atoms with Crippen LogP contribution in [0.2, 0.25) is 0 Å². The van der Waals surface area contributed by atoms with Crippen molar-refractivity contribution in [2.45, 2.75) is 26.8 Å². The molecule has 0 amide bonds. The van der Waals surface area contributed by atoms with E-state index in [1.165, 1.54) is 5.56 Å². The summed E-state index contributed by atoms with van der Waals surface area (Å²) in [5.74, 6) is 0.819. The molecule has 1 aromatic carbocycles. The van der Waals surface area contributed by atoms with Crippen LogP contribution in [0.3, 0.4) is 0 Å². The summed E-state index contributed by atoms with van der Waals surface area (Å²) < 4.78 is 0. The van der Waals surface area contributed by atoms with Crippen molar-refractivity contribution in [2.75, 3.05) is 30.3 Å². The molecule has 2 heterocycles. The van der Waals surface area contributed by atoms with Crippen LogP contribution < -0.4 is 16.0 Å². The number of hydrogen-bond donors (Lipinski definition) is 2. The van der Waals surface area contributed by atoms with Crippen molar-refractivity contribution in [3.63, 3.8) is 0 Å². The van der Waals surface area contributed by atoms with Gasteiger partial charge in [0.25, 0.3) is 0 Å². The van der Waals surface area contributed by atoms with E-state index in [1.54, 1.807) is 0 Å². The molecular weight excluding hydrogens is 274 g/mol. The van der Waals surface area contributed by atoms with Gasteiger partial charge in [-0.25, -0.2) is 9.97 Å². The molecule has 5 heteroatoms. The number of rotatable bonds is 4. The first kappa shape index (κ1) is 14.8. The number of benzene rings is 1. The maximum absolute atomic E-state index is 5.81. The zero-order valence-corrected chi connectivity index (χ0v) is 13.3. The zero-order valence-electron chi connectivity index (χ0n) is 13.3. The third-order valence-electron chi connectivity index (χ3n) is 4.16. The standard InChI is InChI=1S/C17H23N5/c1-3-22(4-2)17-20-15-11-19-10-9-14(15)16(21-17)12-5-7-13(18)8-6-12/h5-8,19H,3-4,9-11,18H2,1-2H3. The Kier molecular flexibility index (Phi) is 4.24. The Hall–Kier alpha value is -2.14. The van der Waals surface area contributed by atoms with E-state index in [4.69, 9.17) is 15.7 Å². The van der Waals surface area contributed by atoms with Crippen molar-refractivity contribution in [2.24, 2.45) is 0 Å². The third-order valence-corrected chi connectivity index (χ3v) is 4.16. The van der Waals surface area contributed by atoms with Crippen LogP contribution in [0.25, 0.3) is 11.3 Å². The predicted molar refractivity (Wildman–Crippen MR) is 90.9 cm³/mol. The van der Waals surface area contributed by atoms with E-state index < -0.39 is 0 Å². The second kappa shape index (κ2) is 6.32. The summed E-state index contributed by atoms with van der Waals surface area (Å²) in [5.41, 5.74) is 11.1. The molecule has 0 bridgehead atoms. The lowest BCUT2D eigenvalue weighted by atomic mass is 9.99. The predicted octanol–water partition coefficient (Wildman–Crippen LogP) is 2.22. The molecule has 1 aliphatic heterocycles. The summed E-state index contributed by atoms with van der Waals surface area (Å²) in [4.78, 5) is 11.9. The van der Waals surface area contributed by atoms with Crippen molar-refractivity contribution in [3.8, 4) is 11.3 Å². The van der Waals surface area contributed by atoms with Gasteiger partial charge < -0.3 is 16.0 Å². The van der Waals surface area contributed by atoms with Crippen LogP contribution >= 0.6 is 0 Å². The first-order valence-corrected chi connectivity index (χ1v) is 7.94. The Morgan fingerprint density at radius 1 is 1.14 bits per heavy atom. The normalized spacial score (nSPS) is 13.7. The van der Waals surface area contributed by atoms with Gasteiger partial charge in [0.05, 0.1) is 11.4 Å². The molecule has 2 aromatic rings. The largest absolute Gasteiger partial charge is 0.399 e. The van der Waals surface area contributed by atoms with Crippen LogP contribution in [0.5, 0.6) is 0 Å². The molecule has 0 radical (unpaired) electrons. The zero-order chi connectivity index (χ0) is 15.5. The van der Waals surface area contributed by atoms with Gasteiger partial charge in [0.1, 0.15) is 0 Å². The Balaban J connectivity index is 2.13. The van der Waals surface area contributed by atoms with Crippen molar-refractivity contribution < 1.29 is 0 Å². The number of hydrogen-bond acceptors (Lipinski definition) is 5. The first-order chi connectivity index (χ1) is 10.7. The Morgan fingerprint density at radius 3 is 2.55 bits per heavy atom. The van der Waals surface area contributed by atoms with Gasteiger partial charge in [0.15, 0.2) is 0 Å². The van der Waals surface area contributed by atoms with E-state index in [9.17, 15) is 0 Å². The van der Waals surface area contributed by atoms with Crippen LogP contribution in [0.4, 0.5) is 11.6 Å². The summed E-state index contributed by atoms with van der Waals surface area (Å²) in [6.45, 7) is 7.87. The van der Waals surface area contributed by atoms with Gasteiger partial charge >= 0.3 is 0 Å². The molecule has 5 nitrogen and oxygen atoms in total. The average Bonchev–Trinajstić information content (AvgIpc) is 2.56. The van der Waals surface area contributed by atoms with E-state index in [2.05, 4.69) is 24.1 Å². The molecule has 0 aliphatic carbocycles. The number of anilines is 2. The molecule has 0 fully saturated rings. The Morgan fingerprint density at radius 2 is 1.86 bits per heavy atom. The van der Waals surface area contributed by atoms with E-state index in [0.717, 1.165) is 61.2 Å². The lowest BCUT2D eigenvalue weighted by Gasteiger charge is -2.24. The lowest BCUT2D eigenvalue weighted by Crippen LogP contribution is -2.29. The highest BCUT2D eigenvalue weighted by Crippen LogP contribution is 2.28. The summed E-state index contributed by atoms with van der Waals surface area (Å²) >= 11 is 0. The summed E-state index contributed by atoms with van der Waals surface area (Å²) in [7, 11) is 0. The molecule has 116 valence electrons. The number of aromatic nitrogens is 2. The molecule has 0 saturated heterocycles. The molecule has 22 heavy (non-hydrogen) atoms. The highest BCUT2D eigenvalue weighted by Gasteiger charge is 2.20. The van der Waals surface area contributed by atoms with Crippen molar-refractivity contribution in [3.05, 3.63) is 35.5 Å². The van der Waals surface area contributed by atoms with Crippen molar-refractivity contribution >= 4 is 11.6 Å². The number of nitrogens with one attached hydrogen (secondary N) is 1. The maximum atomic E-state index is 5.81. The first-order valence-electron chi connectivity index (χ1n) is 7.94. The van der Waals surface area contributed by atoms with Gasteiger partial charge in [-0.15, -0.1) is 0 Å². The molecule has 0 unspecified atom stereocenters. The summed E-state index contributed by atoms with van der Waals surface area (Å²) in [5, 5.41) is 3.40. The second-order valence-electron chi connectivity index (χ2n) is 5.52. The van der Waals surface area contributed by atoms with Crippen LogP contribution in [0, 0.1) is 0 Å². The maximum Gasteiger partial charge on any atom is 0.226 e. The smallest absolute Gasteiger partial charge is 0.226 e. The number of nitrogens with zero attached hydrogens (tertiary/aromatic N) is 3. The summed E-state index contributed by atoms with van der Waals surface area (Å²) in [6.07, 6.45) is 0.966. The number of nitrogens with two attached hydrogens (primary N) is 1. The molecule has 3 rings (SSSR count). The highest BCUT2D eigenvalue weighted by atomic mass is 15.2. The van der Waals surface area contributed by atoms with Crippen molar-refractivity contribution in [1.29, 1.82) is 0 Å². The van der Waals surface area contributed by atoms with Gasteiger partial charge in [-0.3, -0.25) is 0 Å². The van der Waals surface area contributed by atoms with Gasteiger partial charge in [0.2, 0.25) is 5.95 Å². The fourth-order valence-corrected chi connectivity index (χ4v) is 2.87. The lowest BCUT2D eigenvalue weighted by molar-refractivity contribution is 0.622.